The summed E-state index contributed by atoms with van der Waals surface area (Å²) in [4.78, 5) is 19.6. The van der Waals surface area contributed by atoms with Gasteiger partial charge in [-0.1, -0.05) is 6.07 Å². The summed E-state index contributed by atoms with van der Waals surface area (Å²) in [5, 5.41) is 11.4. The van der Waals surface area contributed by atoms with E-state index in [9.17, 15) is 4.79 Å². The van der Waals surface area contributed by atoms with Crippen molar-refractivity contribution in [2.24, 2.45) is 0 Å². The Labute approximate surface area is 198 Å². The van der Waals surface area contributed by atoms with Crippen molar-refractivity contribution in [3.8, 4) is 22.9 Å². The summed E-state index contributed by atoms with van der Waals surface area (Å²) in [6.45, 7) is 3.06. The van der Waals surface area contributed by atoms with Gasteiger partial charge < -0.3 is 19.5 Å². The molecule has 0 bridgehead atoms. The van der Waals surface area contributed by atoms with Crippen LogP contribution in [-0.4, -0.2) is 72.1 Å². The van der Waals surface area contributed by atoms with E-state index in [4.69, 9.17) is 14.2 Å². The third-order valence-electron chi connectivity index (χ3n) is 6.11. The molecule has 2 aliphatic rings. The molecule has 2 aliphatic heterocycles. The van der Waals surface area contributed by atoms with Gasteiger partial charge in [0.05, 0.1) is 32.6 Å². The molecule has 9 nitrogen and oxygen atoms in total. The number of benzene rings is 1. The molecule has 9 heteroatoms. The summed E-state index contributed by atoms with van der Waals surface area (Å²) in [7, 11) is 1.56. The number of rotatable bonds is 7. The van der Waals surface area contributed by atoms with Crippen molar-refractivity contribution in [3.63, 3.8) is 0 Å². The lowest BCUT2D eigenvalue weighted by molar-refractivity contribution is -0.128. The summed E-state index contributed by atoms with van der Waals surface area (Å²) >= 11 is 0. The SMILES string of the molecule is COc1ccc(-c2ccc3c(c2)C[C@H](CNC(=O)[C@H](c2cccnc2)N2CCOCC2)O3)nn1. The summed E-state index contributed by atoms with van der Waals surface area (Å²) in [5.41, 5.74) is 3.70. The van der Waals surface area contributed by atoms with E-state index in [2.05, 4.69) is 31.5 Å². The van der Waals surface area contributed by atoms with Crippen LogP contribution in [0, 0.1) is 0 Å². The molecule has 2 atom stereocenters. The minimum Gasteiger partial charge on any atom is -0.488 e. The van der Waals surface area contributed by atoms with Crippen LogP contribution in [0.5, 0.6) is 11.6 Å². The predicted octanol–water partition coefficient (Wildman–Crippen LogP) is 2.04. The van der Waals surface area contributed by atoms with E-state index in [1.54, 1.807) is 25.6 Å². The van der Waals surface area contributed by atoms with Crippen molar-refractivity contribution < 1.29 is 19.0 Å². The van der Waals surface area contributed by atoms with Gasteiger partial charge in [-0.3, -0.25) is 14.7 Å². The molecule has 1 fully saturated rings. The molecular weight excluding hydrogens is 434 g/mol. The Hall–Kier alpha value is -3.56. The van der Waals surface area contributed by atoms with Crippen LogP contribution in [-0.2, 0) is 16.0 Å². The molecule has 0 spiro atoms. The van der Waals surface area contributed by atoms with Crippen molar-refractivity contribution in [1.82, 2.24) is 25.4 Å². The maximum absolute atomic E-state index is 13.3. The van der Waals surface area contributed by atoms with Crippen LogP contribution in [0.1, 0.15) is 17.2 Å². The number of fused-ring (bicyclic) bond motifs is 1. The van der Waals surface area contributed by atoms with Crippen LogP contribution >= 0.6 is 0 Å². The highest BCUT2D eigenvalue weighted by Crippen LogP contribution is 2.32. The first-order valence-electron chi connectivity index (χ1n) is 11.4. The van der Waals surface area contributed by atoms with Gasteiger partial charge in [0.15, 0.2) is 0 Å². The van der Waals surface area contributed by atoms with Crippen LogP contribution in [0.4, 0.5) is 0 Å². The number of pyridine rings is 1. The third-order valence-corrected chi connectivity index (χ3v) is 6.11. The Balaban J connectivity index is 1.23. The van der Waals surface area contributed by atoms with Gasteiger partial charge in [0.25, 0.3) is 0 Å². The zero-order valence-electron chi connectivity index (χ0n) is 19.0. The summed E-state index contributed by atoms with van der Waals surface area (Å²) in [5.74, 6) is 1.26. The Morgan fingerprint density at radius 3 is 2.82 bits per heavy atom. The molecule has 176 valence electrons. The lowest BCUT2D eigenvalue weighted by atomic mass is 10.0. The molecular formula is C25H27N5O4. The first-order chi connectivity index (χ1) is 16.7. The van der Waals surface area contributed by atoms with Crippen molar-refractivity contribution in [2.45, 2.75) is 18.6 Å². The van der Waals surface area contributed by atoms with E-state index in [1.807, 2.05) is 30.3 Å². The van der Waals surface area contributed by atoms with Crippen LogP contribution in [0.2, 0.25) is 0 Å². The molecule has 34 heavy (non-hydrogen) atoms. The average Bonchev–Trinajstić information content (AvgIpc) is 3.31. The van der Waals surface area contributed by atoms with Crippen LogP contribution in [0.25, 0.3) is 11.3 Å². The highest BCUT2D eigenvalue weighted by molar-refractivity contribution is 5.83. The van der Waals surface area contributed by atoms with Gasteiger partial charge >= 0.3 is 0 Å². The van der Waals surface area contributed by atoms with E-state index >= 15 is 0 Å². The number of carbonyl (C=O) groups excluding carboxylic acids is 1. The van der Waals surface area contributed by atoms with Gasteiger partial charge in [0, 0.05) is 43.5 Å². The van der Waals surface area contributed by atoms with Gasteiger partial charge in [0.1, 0.15) is 17.9 Å². The Morgan fingerprint density at radius 2 is 2.09 bits per heavy atom. The highest BCUT2D eigenvalue weighted by Gasteiger charge is 2.31. The molecule has 3 aromatic rings. The van der Waals surface area contributed by atoms with Crippen molar-refractivity contribution in [3.05, 3.63) is 66.0 Å². The van der Waals surface area contributed by atoms with Crippen LogP contribution in [0.3, 0.4) is 0 Å². The lowest BCUT2D eigenvalue weighted by Gasteiger charge is -2.33. The molecule has 4 heterocycles. The Morgan fingerprint density at radius 1 is 1.21 bits per heavy atom. The minimum absolute atomic E-state index is 0.0522. The zero-order chi connectivity index (χ0) is 23.3. The number of nitrogens with one attached hydrogen (secondary N) is 1. The first-order valence-corrected chi connectivity index (χ1v) is 11.4. The average molecular weight is 462 g/mol. The molecule has 1 amide bonds. The van der Waals surface area contributed by atoms with Crippen LogP contribution in [0.15, 0.2) is 54.9 Å². The standard InChI is InChI=1S/C25H27N5O4/c1-32-23-7-5-21(28-29-23)17-4-6-22-19(13-17)14-20(34-22)16-27-25(31)24(18-3-2-8-26-15-18)30-9-11-33-12-10-30/h2-8,13,15,20,24H,9-12,14,16H2,1H3,(H,27,31)/t20-,24+/m1/s1. The van der Waals surface area contributed by atoms with E-state index in [0.29, 0.717) is 45.1 Å². The molecule has 0 aliphatic carbocycles. The number of carbonyl (C=O) groups is 1. The van der Waals surface area contributed by atoms with Crippen molar-refractivity contribution >= 4 is 5.91 Å². The normalized spacial score (nSPS) is 18.6. The predicted molar refractivity (Wildman–Crippen MR) is 125 cm³/mol. The third kappa shape index (κ3) is 4.85. The van der Waals surface area contributed by atoms with Gasteiger partial charge in [-0.15, -0.1) is 10.2 Å². The number of hydrogen-bond donors (Lipinski definition) is 1. The molecule has 1 N–H and O–H groups in total. The highest BCUT2D eigenvalue weighted by atomic mass is 16.5. The van der Waals surface area contributed by atoms with Gasteiger partial charge in [0.2, 0.25) is 11.8 Å². The number of nitrogens with zero attached hydrogens (tertiary/aromatic N) is 4. The molecule has 1 aromatic carbocycles. The van der Waals surface area contributed by atoms with Gasteiger partial charge in [-0.2, -0.15) is 0 Å². The smallest absolute Gasteiger partial charge is 0.242 e. The second-order valence-corrected chi connectivity index (χ2v) is 8.31. The quantitative estimate of drug-likeness (QED) is 0.571. The second-order valence-electron chi connectivity index (χ2n) is 8.31. The summed E-state index contributed by atoms with van der Waals surface area (Å²) in [6, 6.07) is 13.1. The van der Waals surface area contributed by atoms with E-state index in [0.717, 1.165) is 28.1 Å². The summed E-state index contributed by atoms with van der Waals surface area (Å²) < 4.78 is 16.7. The molecule has 0 radical (unpaired) electrons. The number of aromatic nitrogens is 3. The minimum atomic E-state index is -0.401. The number of methoxy groups -OCH3 is 1. The van der Waals surface area contributed by atoms with Gasteiger partial charge in [-0.25, -0.2) is 0 Å². The second kappa shape index (κ2) is 10.1. The van der Waals surface area contributed by atoms with E-state index in [-0.39, 0.29) is 12.0 Å². The summed E-state index contributed by atoms with van der Waals surface area (Å²) in [6.07, 6.45) is 4.05. The van der Waals surface area contributed by atoms with Crippen LogP contribution < -0.4 is 14.8 Å². The number of ether oxygens (including phenoxy) is 3. The molecule has 5 rings (SSSR count). The number of amides is 1. The van der Waals surface area contributed by atoms with Gasteiger partial charge in [-0.05, 0) is 41.5 Å². The first kappa shape index (κ1) is 22.2. The zero-order valence-corrected chi connectivity index (χ0v) is 19.0. The molecule has 1 saturated heterocycles. The lowest BCUT2D eigenvalue weighted by Crippen LogP contribution is -2.47. The topological polar surface area (TPSA) is 98.7 Å². The van der Waals surface area contributed by atoms with E-state index < -0.39 is 6.04 Å². The van der Waals surface area contributed by atoms with Crippen molar-refractivity contribution in [2.75, 3.05) is 40.0 Å². The number of hydrogen-bond acceptors (Lipinski definition) is 8. The van der Waals surface area contributed by atoms with Crippen molar-refractivity contribution in [1.29, 1.82) is 0 Å². The maximum Gasteiger partial charge on any atom is 0.242 e. The fraction of sp³-hybridized carbons (Fsp3) is 0.360. The monoisotopic (exact) mass is 461 g/mol. The number of morpholine rings is 1. The maximum atomic E-state index is 13.3. The fourth-order valence-corrected chi connectivity index (χ4v) is 4.39. The molecule has 0 unspecified atom stereocenters. The molecule has 0 saturated carbocycles. The fourth-order valence-electron chi connectivity index (χ4n) is 4.39. The Bertz CT molecular complexity index is 1120. The van der Waals surface area contributed by atoms with E-state index in [1.165, 1.54) is 0 Å². The Kier molecular flexibility index (Phi) is 6.64. The largest absolute Gasteiger partial charge is 0.488 e. The molecule has 2 aromatic heterocycles.